The highest BCUT2D eigenvalue weighted by Crippen LogP contribution is 2.30. The van der Waals surface area contributed by atoms with Crippen LogP contribution in [-0.4, -0.2) is 32.8 Å². The Balaban J connectivity index is 1.75. The number of hydrogen-bond donors (Lipinski definition) is 2. The molecule has 0 aliphatic carbocycles. The molecule has 0 unspecified atom stereocenters. The van der Waals surface area contributed by atoms with Crippen LogP contribution in [0.4, 0.5) is 5.69 Å². The number of nitrogens with one attached hydrogen (secondary N) is 2. The number of benzene rings is 1. The number of carbonyl (C=O) groups excluding carboxylic acids is 2. The van der Waals surface area contributed by atoms with Gasteiger partial charge in [0.1, 0.15) is 6.04 Å². The number of rotatable bonds is 8. The molecule has 3 rings (SSSR count). The lowest BCUT2D eigenvalue weighted by molar-refractivity contribution is -0.123. The third kappa shape index (κ3) is 4.91. The summed E-state index contributed by atoms with van der Waals surface area (Å²) in [5.41, 5.74) is 1.58. The lowest BCUT2D eigenvalue weighted by Crippen LogP contribution is -2.49. The number of sulfonamides is 1. The summed E-state index contributed by atoms with van der Waals surface area (Å²) in [6, 6.07) is 7.69. The zero-order valence-electron chi connectivity index (χ0n) is 17.3. The first kappa shape index (κ1) is 22.5. The Labute approximate surface area is 181 Å². The van der Waals surface area contributed by atoms with Gasteiger partial charge in [0, 0.05) is 23.5 Å². The van der Waals surface area contributed by atoms with Crippen LogP contribution in [0.15, 0.2) is 40.6 Å². The fourth-order valence-electron chi connectivity index (χ4n) is 3.42. The first-order valence-corrected chi connectivity index (χ1v) is 12.3. The summed E-state index contributed by atoms with van der Waals surface area (Å²) >= 11 is 1.53. The molecule has 1 aromatic carbocycles. The standard InChI is InChI=1S/C21H27N3O4S2/c1-4-19(25)24-10-9-15-12-17(7-8-18(15)24)30(27,28)23-20(14(2)3)21(26)22-13-16-6-5-11-29-16/h5-8,11-12,14,20,23H,4,9-10,13H2,1-3H3,(H,22,26)/t20-/m1/s1. The van der Waals surface area contributed by atoms with E-state index in [1.165, 1.54) is 17.4 Å². The number of anilines is 1. The van der Waals surface area contributed by atoms with Crippen molar-refractivity contribution in [2.45, 2.75) is 51.1 Å². The molecule has 0 saturated heterocycles. The maximum atomic E-state index is 13.0. The second kappa shape index (κ2) is 9.28. The highest BCUT2D eigenvalue weighted by Gasteiger charge is 2.30. The van der Waals surface area contributed by atoms with Crippen molar-refractivity contribution in [2.75, 3.05) is 11.4 Å². The third-order valence-electron chi connectivity index (χ3n) is 5.11. The Morgan fingerprint density at radius 1 is 1.23 bits per heavy atom. The molecule has 0 fully saturated rings. The van der Waals surface area contributed by atoms with Crippen LogP contribution in [-0.2, 0) is 32.6 Å². The van der Waals surface area contributed by atoms with E-state index >= 15 is 0 Å². The van der Waals surface area contributed by atoms with Crippen molar-refractivity contribution in [3.05, 3.63) is 46.2 Å². The lowest BCUT2D eigenvalue weighted by Gasteiger charge is -2.22. The summed E-state index contributed by atoms with van der Waals surface area (Å²) in [7, 11) is -3.90. The molecular formula is C21H27N3O4S2. The first-order valence-electron chi connectivity index (χ1n) is 9.98. The molecule has 2 amide bonds. The van der Waals surface area contributed by atoms with Gasteiger partial charge in [0.05, 0.1) is 11.4 Å². The average Bonchev–Trinajstić information content (AvgIpc) is 3.38. The predicted molar refractivity (Wildman–Crippen MR) is 118 cm³/mol. The summed E-state index contributed by atoms with van der Waals surface area (Å²) in [5, 5.41) is 4.73. The van der Waals surface area contributed by atoms with Gasteiger partial charge in [-0.15, -0.1) is 11.3 Å². The molecule has 162 valence electrons. The predicted octanol–water partition coefficient (Wildman–Crippen LogP) is 2.67. The van der Waals surface area contributed by atoms with Gasteiger partial charge in [0.25, 0.3) is 0 Å². The van der Waals surface area contributed by atoms with Gasteiger partial charge in [-0.2, -0.15) is 4.72 Å². The Morgan fingerprint density at radius 3 is 2.63 bits per heavy atom. The van der Waals surface area contributed by atoms with Gasteiger partial charge in [0.2, 0.25) is 21.8 Å². The second-order valence-electron chi connectivity index (χ2n) is 7.58. The molecule has 30 heavy (non-hydrogen) atoms. The van der Waals surface area contributed by atoms with E-state index in [2.05, 4.69) is 10.0 Å². The lowest BCUT2D eigenvalue weighted by atomic mass is 10.1. The fourth-order valence-corrected chi connectivity index (χ4v) is 5.46. The molecule has 7 nitrogen and oxygen atoms in total. The normalized spacial score (nSPS) is 14.6. The van der Waals surface area contributed by atoms with Gasteiger partial charge in [-0.25, -0.2) is 8.42 Å². The van der Waals surface area contributed by atoms with Crippen LogP contribution in [0.25, 0.3) is 0 Å². The van der Waals surface area contributed by atoms with Gasteiger partial charge in [-0.1, -0.05) is 26.8 Å². The van der Waals surface area contributed by atoms with E-state index in [1.54, 1.807) is 37.8 Å². The summed E-state index contributed by atoms with van der Waals surface area (Å²) in [6.45, 7) is 6.32. The first-order chi connectivity index (χ1) is 14.2. The van der Waals surface area contributed by atoms with Crippen molar-refractivity contribution in [2.24, 2.45) is 5.92 Å². The summed E-state index contributed by atoms with van der Waals surface area (Å²) in [5.74, 6) is -0.567. The summed E-state index contributed by atoms with van der Waals surface area (Å²) in [4.78, 5) is 27.5. The molecule has 2 aromatic rings. The zero-order chi connectivity index (χ0) is 21.9. The summed E-state index contributed by atoms with van der Waals surface area (Å²) < 4.78 is 28.5. The minimum atomic E-state index is -3.90. The van der Waals surface area contributed by atoms with Gasteiger partial charge in [-0.3, -0.25) is 9.59 Å². The number of carbonyl (C=O) groups is 2. The van der Waals surface area contributed by atoms with Crippen LogP contribution < -0.4 is 14.9 Å². The average molecular weight is 450 g/mol. The van der Waals surface area contributed by atoms with Crippen molar-refractivity contribution in [3.8, 4) is 0 Å². The Hall–Kier alpha value is -2.23. The molecule has 2 heterocycles. The monoisotopic (exact) mass is 449 g/mol. The van der Waals surface area contributed by atoms with Crippen LogP contribution in [0.2, 0.25) is 0 Å². The number of hydrogen-bond acceptors (Lipinski definition) is 5. The molecule has 1 aliphatic heterocycles. The smallest absolute Gasteiger partial charge is 0.241 e. The van der Waals surface area contributed by atoms with E-state index in [0.29, 0.717) is 25.9 Å². The van der Waals surface area contributed by atoms with E-state index < -0.39 is 16.1 Å². The van der Waals surface area contributed by atoms with Gasteiger partial charge < -0.3 is 10.2 Å². The molecule has 0 radical (unpaired) electrons. The topological polar surface area (TPSA) is 95.6 Å². The highest BCUT2D eigenvalue weighted by molar-refractivity contribution is 7.89. The summed E-state index contributed by atoms with van der Waals surface area (Å²) in [6.07, 6.45) is 1.01. The molecule has 1 atom stereocenters. The van der Waals surface area contributed by atoms with Gasteiger partial charge in [0.15, 0.2) is 0 Å². The Morgan fingerprint density at radius 2 is 2.00 bits per heavy atom. The number of thiophene rings is 1. The van der Waals surface area contributed by atoms with Crippen molar-refractivity contribution < 1.29 is 18.0 Å². The maximum absolute atomic E-state index is 13.0. The van der Waals surface area contributed by atoms with Crippen LogP contribution in [0.1, 0.15) is 37.6 Å². The molecule has 1 aromatic heterocycles. The van der Waals surface area contributed by atoms with Crippen molar-refractivity contribution in [3.63, 3.8) is 0 Å². The number of fused-ring (bicyclic) bond motifs is 1. The second-order valence-corrected chi connectivity index (χ2v) is 10.3. The van der Waals surface area contributed by atoms with Crippen LogP contribution in [0.5, 0.6) is 0 Å². The minimum Gasteiger partial charge on any atom is -0.350 e. The highest BCUT2D eigenvalue weighted by atomic mass is 32.2. The SMILES string of the molecule is CCC(=O)N1CCc2cc(S(=O)(=O)N[C@@H](C(=O)NCc3cccs3)C(C)C)ccc21. The van der Waals surface area contributed by atoms with Crippen LogP contribution >= 0.6 is 11.3 Å². The van der Waals surface area contributed by atoms with E-state index in [-0.39, 0.29) is 22.6 Å². The fraction of sp³-hybridized carbons (Fsp3) is 0.429. The minimum absolute atomic E-state index is 0.0183. The van der Waals surface area contributed by atoms with Crippen molar-refractivity contribution in [1.29, 1.82) is 0 Å². The third-order valence-corrected chi connectivity index (χ3v) is 7.42. The number of nitrogens with zero attached hydrogens (tertiary/aromatic N) is 1. The molecule has 9 heteroatoms. The van der Waals surface area contributed by atoms with Crippen molar-refractivity contribution >= 4 is 38.9 Å². The largest absolute Gasteiger partial charge is 0.350 e. The maximum Gasteiger partial charge on any atom is 0.241 e. The quantitative estimate of drug-likeness (QED) is 0.648. The molecule has 1 aliphatic rings. The molecule has 2 N–H and O–H groups in total. The Kier molecular flexibility index (Phi) is 6.95. The molecule has 0 spiro atoms. The zero-order valence-corrected chi connectivity index (χ0v) is 19.0. The number of amides is 2. The van der Waals surface area contributed by atoms with E-state index in [9.17, 15) is 18.0 Å². The Bertz CT molecular complexity index is 1020. The van der Waals surface area contributed by atoms with Crippen LogP contribution in [0.3, 0.4) is 0 Å². The molecule has 0 bridgehead atoms. The molecule has 0 saturated carbocycles. The van der Waals surface area contributed by atoms with Gasteiger partial charge >= 0.3 is 0 Å². The van der Waals surface area contributed by atoms with Crippen molar-refractivity contribution in [1.82, 2.24) is 10.0 Å². The van der Waals surface area contributed by atoms with E-state index in [4.69, 9.17) is 0 Å². The van der Waals surface area contributed by atoms with Gasteiger partial charge in [-0.05, 0) is 47.5 Å². The van der Waals surface area contributed by atoms with E-state index in [1.807, 2.05) is 17.5 Å². The molecular weight excluding hydrogens is 422 g/mol. The van der Waals surface area contributed by atoms with E-state index in [0.717, 1.165) is 16.1 Å². The van der Waals surface area contributed by atoms with Crippen LogP contribution in [0, 0.1) is 5.92 Å².